The molecule has 1 rings (SSSR count). The molecule has 1 heterocycles. The Morgan fingerprint density at radius 3 is 2.75 bits per heavy atom. The highest BCUT2D eigenvalue weighted by molar-refractivity contribution is 6.21. The third-order valence-corrected chi connectivity index (χ3v) is 2.95. The van der Waals surface area contributed by atoms with Crippen LogP contribution in [0.4, 0.5) is 4.79 Å². The number of Topliss-reactive ketones (excluding diaryl/α,β-unsaturated/α-hetero) is 1. The SMILES string of the molecule is CCNC(=O)OC1C(Cl)CNCC1C(C)=O. The Hall–Kier alpha value is -0.810. The molecule has 0 spiro atoms. The molecule has 16 heavy (non-hydrogen) atoms. The molecule has 0 aromatic carbocycles. The number of ketones is 1. The molecule has 2 N–H and O–H groups in total. The van der Waals surface area contributed by atoms with E-state index in [9.17, 15) is 9.59 Å². The van der Waals surface area contributed by atoms with Crippen molar-refractivity contribution in [3.63, 3.8) is 0 Å². The van der Waals surface area contributed by atoms with Gasteiger partial charge in [-0.05, 0) is 13.8 Å². The number of carbonyl (C=O) groups is 2. The summed E-state index contributed by atoms with van der Waals surface area (Å²) >= 11 is 6.05. The summed E-state index contributed by atoms with van der Waals surface area (Å²) in [5.74, 6) is -0.383. The highest BCUT2D eigenvalue weighted by Gasteiger charge is 2.37. The van der Waals surface area contributed by atoms with Crippen LogP contribution in [0, 0.1) is 5.92 Å². The van der Waals surface area contributed by atoms with Gasteiger partial charge >= 0.3 is 6.09 Å². The fourth-order valence-electron chi connectivity index (χ4n) is 1.70. The number of nitrogens with one attached hydrogen (secondary N) is 2. The lowest BCUT2D eigenvalue weighted by atomic mass is 9.92. The van der Waals surface area contributed by atoms with Crippen molar-refractivity contribution < 1.29 is 14.3 Å². The standard InChI is InChI=1S/C10H17ClN2O3/c1-3-13-10(15)16-9-7(6(2)14)4-12-5-8(9)11/h7-9,12H,3-5H2,1-2H3,(H,13,15). The molecule has 1 fully saturated rings. The van der Waals surface area contributed by atoms with Crippen LogP contribution in [0.5, 0.6) is 0 Å². The van der Waals surface area contributed by atoms with Crippen molar-refractivity contribution in [2.24, 2.45) is 5.92 Å². The number of hydrogen-bond acceptors (Lipinski definition) is 4. The van der Waals surface area contributed by atoms with Gasteiger partial charge in [-0.2, -0.15) is 0 Å². The molecule has 5 nitrogen and oxygen atoms in total. The van der Waals surface area contributed by atoms with Crippen molar-refractivity contribution in [1.82, 2.24) is 10.6 Å². The average Bonchev–Trinajstić information content (AvgIpc) is 2.21. The number of rotatable bonds is 3. The van der Waals surface area contributed by atoms with E-state index >= 15 is 0 Å². The van der Waals surface area contributed by atoms with Crippen LogP contribution in [-0.4, -0.2) is 43.0 Å². The van der Waals surface area contributed by atoms with Crippen LogP contribution in [0.3, 0.4) is 0 Å². The molecule has 0 saturated carbocycles. The van der Waals surface area contributed by atoms with Gasteiger partial charge in [0.25, 0.3) is 0 Å². The third kappa shape index (κ3) is 3.35. The normalized spacial score (nSPS) is 29.6. The summed E-state index contributed by atoms with van der Waals surface area (Å²) in [7, 11) is 0. The molecule has 1 saturated heterocycles. The van der Waals surface area contributed by atoms with E-state index in [0.29, 0.717) is 19.6 Å². The lowest BCUT2D eigenvalue weighted by molar-refractivity contribution is -0.124. The second kappa shape index (κ2) is 6.06. The maximum Gasteiger partial charge on any atom is 0.407 e. The zero-order chi connectivity index (χ0) is 12.1. The fraction of sp³-hybridized carbons (Fsp3) is 0.800. The van der Waals surface area contributed by atoms with E-state index in [1.165, 1.54) is 6.92 Å². The molecule has 3 atom stereocenters. The number of alkyl carbamates (subject to hydrolysis) is 1. The van der Waals surface area contributed by atoms with E-state index in [-0.39, 0.29) is 17.1 Å². The maximum absolute atomic E-state index is 11.4. The average molecular weight is 249 g/mol. The number of halogens is 1. The van der Waals surface area contributed by atoms with Crippen LogP contribution in [0.25, 0.3) is 0 Å². The van der Waals surface area contributed by atoms with Crippen molar-refractivity contribution in [2.75, 3.05) is 19.6 Å². The van der Waals surface area contributed by atoms with E-state index < -0.39 is 12.2 Å². The third-order valence-electron chi connectivity index (χ3n) is 2.54. The summed E-state index contributed by atoms with van der Waals surface area (Å²) in [4.78, 5) is 22.7. The molecular weight excluding hydrogens is 232 g/mol. The number of hydrogen-bond donors (Lipinski definition) is 2. The number of ether oxygens (including phenoxy) is 1. The highest BCUT2D eigenvalue weighted by atomic mass is 35.5. The first-order chi connectivity index (χ1) is 7.56. The Morgan fingerprint density at radius 1 is 1.50 bits per heavy atom. The Kier molecular flexibility index (Phi) is 5.02. The van der Waals surface area contributed by atoms with Crippen molar-refractivity contribution in [3.05, 3.63) is 0 Å². The number of amides is 1. The first-order valence-electron chi connectivity index (χ1n) is 5.36. The zero-order valence-electron chi connectivity index (χ0n) is 9.46. The highest BCUT2D eigenvalue weighted by Crippen LogP contribution is 2.21. The second-order valence-corrected chi connectivity index (χ2v) is 4.35. The molecule has 0 radical (unpaired) electrons. The summed E-state index contributed by atoms with van der Waals surface area (Å²) in [6.45, 7) is 4.80. The molecule has 3 unspecified atom stereocenters. The topological polar surface area (TPSA) is 67.4 Å². The van der Waals surface area contributed by atoms with Gasteiger partial charge in [0.15, 0.2) is 0 Å². The van der Waals surface area contributed by atoms with Crippen LogP contribution < -0.4 is 10.6 Å². The lowest BCUT2D eigenvalue weighted by Crippen LogP contribution is -2.53. The second-order valence-electron chi connectivity index (χ2n) is 3.79. The maximum atomic E-state index is 11.4. The number of carbonyl (C=O) groups excluding carboxylic acids is 2. The molecular formula is C10H17ClN2O3. The van der Waals surface area contributed by atoms with Gasteiger partial charge in [0.05, 0.1) is 11.3 Å². The van der Waals surface area contributed by atoms with Crippen LogP contribution in [0.1, 0.15) is 13.8 Å². The van der Waals surface area contributed by atoms with Gasteiger partial charge in [0.2, 0.25) is 0 Å². The van der Waals surface area contributed by atoms with Crippen LogP contribution >= 0.6 is 11.6 Å². The molecule has 0 aromatic heterocycles. The summed E-state index contributed by atoms with van der Waals surface area (Å²) < 4.78 is 5.18. The van der Waals surface area contributed by atoms with Gasteiger partial charge in [-0.3, -0.25) is 4.79 Å². The monoisotopic (exact) mass is 248 g/mol. The largest absolute Gasteiger partial charge is 0.444 e. The summed E-state index contributed by atoms with van der Waals surface area (Å²) in [6, 6.07) is 0. The molecule has 0 aromatic rings. The van der Waals surface area contributed by atoms with Crippen molar-refractivity contribution in [3.8, 4) is 0 Å². The van der Waals surface area contributed by atoms with Crippen LogP contribution in [-0.2, 0) is 9.53 Å². The van der Waals surface area contributed by atoms with Gasteiger partial charge in [-0.15, -0.1) is 11.6 Å². The smallest absolute Gasteiger partial charge is 0.407 e. The minimum absolute atomic E-state index is 0.0212. The van der Waals surface area contributed by atoms with Crippen molar-refractivity contribution in [1.29, 1.82) is 0 Å². The van der Waals surface area contributed by atoms with Gasteiger partial charge < -0.3 is 15.4 Å². The van der Waals surface area contributed by atoms with E-state index in [4.69, 9.17) is 16.3 Å². The van der Waals surface area contributed by atoms with E-state index in [2.05, 4.69) is 10.6 Å². The minimum Gasteiger partial charge on any atom is -0.444 e. The molecule has 0 aliphatic carbocycles. The first kappa shape index (κ1) is 13.3. The van der Waals surface area contributed by atoms with Gasteiger partial charge in [-0.1, -0.05) is 0 Å². The Labute approximate surface area is 99.9 Å². The summed E-state index contributed by atoms with van der Waals surface area (Å²) in [5, 5.41) is 5.19. The molecule has 1 aliphatic rings. The van der Waals surface area contributed by atoms with Crippen LogP contribution in [0.2, 0.25) is 0 Å². The molecule has 1 aliphatic heterocycles. The predicted octanol–water partition coefficient (Wildman–Crippen LogP) is 0.517. The minimum atomic E-state index is -0.549. The van der Waals surface area contributed by atoms with Gasteiger partial charge in [0.1, 0.15) is 11.9 Å². The lowest BCUT2D eigenvalue weighted by Gasteiger charge is -2.33. The van der Waals surface area contributed by atoms with E-state index in [1.807, 2.05) is 0 Å². The van der Waals surface area contributed by atoms with Gasteiger partial charge in [0, 0.05) is 19.6 Å². The molecule has 0 bridgehead atoms. The first-order valence-corrected chi connectivity index (χ1v) is 5.79. The van der Waals surface area contributed by atoms with E-state index in [1.54, 1.807) is 6.92 Å². The number of alkyl halides is 1. The zero-order valence-corrected chi connectivity index (χ0v) is 10.2. The van der Waals surface area contributed by atoms with Crippen LogP contribution in [0.15, 0.2) is 0 Å². The molecule has 6 heteroatoms. The Morgan fingerprint density at radius 2 is 2.19 bits per heavy atom. The molecule has 92 valence electrons. The Bertz CT molecular complexity index is 273. The number of piperidine rings is 1. The summed E-state index contributed by atoms with van der Waals surface area (Å²) in [5.41, 5.74) is 0. The fourth-order valence-corrected chi connectivity index (χ4v) is 2.04. The van der Waals surface area contributed by atoms with Crippen molar-refractivity contribution >= 4 is 23.5 Å². The van der Waals surface area contributed by atoms with Crippen molar-refractivity contribution in [2.45, 2.75) is 25.3 Å². The van der Waals surface area contributed by atoms with E-state index in [0.717, 1.165) is 0 Å². The van der Waals surface area contributed by atoms with Gasteiger partial charge in [-0.25, -0.2) is 4.79 Å². The Balaban J connectivity index is 2.63. The quantitative estimate of drug-likeness (QED) is 0.715. The summed E-state index contributed by atoms with van der Waals surface area (Å²) in [6.07, 6.45) is -1.07. The molecule has 1 amide bonds. The predicted molar refractivity (Wildman–Crippen MR) is 60.6 cm³/mol.